The molecule has 4 rings (SSSR count). The third-order valence-corrected chi connectivity index (χ3v) is 3.41. The van der Waals surface area contributed by atoms with Gasteiger partial charge in [-0.3, -0.25) is 0 Å². The molecule has 1 fully saturated rings. The molecule has 3 heterocycles. The predicted molar refractivity (Wildman–Crippen MR) is 69.0 cm³/mol. The first-order valence-corrected chi connectivity index (χ1v) is 6.36. The maximum Gasteiger partial charge on any atom is 0.356 e. The SMILES string of the molecule is O=C(O)c1ccn(-c2nccn3nc(C4CC4)cc23)n1. The van der Waals surface area contributed by atoms with Gasteiger partial charge < -0.3 is 5.11 Å². The van der Waals surface area contributed by atoms with Gasteiger partial charge in [-0.1, -0.05) is 0 Å². The predicted octanol–water partition coefficient (Wildman–Crippen LogP) is 1.49. The minimum absolute atomic E-state index is 0.00395. The van der Waals surface area contributed by atoms with Crippen LogP contribution < -0.4 is 0 Å². The Kier molecular flexibility index (Phi) is 2.17. The molecule has 0 aliphatic heterocycles. The van der Waals surface area contributed by atoms with Crippen molar-refractivity contribution in [3.8, 4) is 5.82 Å². The molecule has 3 aromatic rings. The summed E-state index contributed by atoms with van der Waals surface area (Å²) < 4.78 is 3.23. The van der Waals surface area contributed by atoms with Crippen molar-refractivity contribution in [1.82, 2.24) is 24.4 Å². The number of aromatic carboxylic acids is 1. The highest BCUT2D eigenvalue weighted by Gasteiger charge is 2.27. The van der Waals surface area contributed by atoms with Crippen LogP contribution in [-0.2, 0) is 0 Å². The lowest BCUT2D eigenvalue weighted by atomic mass is 10.3. The Morgan fingerprint density at radius 1 is 1.30 bits per heavy atom. The summed E-state index contributed by atoms with van der Waals surface area (Å²) in [6.07, 6.45) is 7.37. The third-order valence-electron chi connectivity index (χ3n) is 3.41. The van der Waals surface area contributed by atoms with Crippen molar-refractivity contribution < 1.29 is 9.90 Å². The summed E-state index contributed by atoms with van der Waals surface area (Å²) in [5.41, 5.74) is 1.88. The molecule has 0 spiro atoms. The van der Waals surface area contributed by atoms with Gasteiger partial charge in [-0.2, -0.15) is 10.2 Å². The van der Waals surface area contributed by atoms with E-state index in [4.69, 9.17) is 5.11 Å². The first kappa shape index (κ1) is 11.2. The van der Waals surface area contributed by atoms with Gasteiger partial charge in [0.15, 0.2) is 11.5 Å². The molecule has 0 bridgehead atoms. The highest BCUT2D eigenvalue weighted by molar-refractivity contribution is 5.85. The lowest BCUT2D eigenvalue weighted by Gasteiger charge is -2.01. The smallest absolute Gasteiger partial charge is 0.356 e. The van der Waals surface area contributed by atoms with Gasteiger partial charge >= 0.3 is 5.97 Å². The molecule has 0 atom stereocenters. The quantitative estimate of drug-likeness (QED) is 0.778. The summed E-state index contributed by atoms with van der Waals surface area (Å²) >= 11 is 0. The zero-order chi connectivity index (χ0) is 13.7. The number of hydrogen-bond donors (Lipinski definition) is 1. The van der Waals surface area contributed by atoms with Crippen molar-refractivity contribution in [3.63, 3.8) is 0 Å². The zero-order valence-corrected chi connectivity index (χ0v) is 10.5. The standard InChI is InChI=1S/C13H11N5O2/c19-13(20)9-3-5-18(15-9)12-11-7-10(8-1-2-8)16-17(11)6-4-14-12/h3-8H,1-2H2,(H,19,20). The van der Waals surface area contributed by atoms with Gasteiger partial charge in [0.05, 0.1) is 5.69 Å². The fraction of sp³-hybridized carbons (Fsp3) is 0.231. The summed E-state index contributed by atoms with van der Waals surface area (Å²) in [5, 5.41) is 17.5. The molecule has 0 amide bonds. The number of carboxylic acid groups (broad SMARTS) is 1. The van der Waals surface area contributed by atoms with Gasteiger partial charge in [0.2, 0.25) is 0 Å². The van der Waals surface area contributed by atoms with Crippen molar-refractivity contribution in [3.05, 3.63) is 42.1 Å². The summed E-state index contributed by atoms with van der Waals surface area (Å²) in [6.45, 7) is 0. The van der Waals surface area contributed by atoms with E-state index < -0.39 is 5.97 Å². The Labute approximate surface area is 113 Å². The molecule has 1 N–H and O–H groups in total. The fourth-order valence-electron chi connectivity index (χ4n) is 2.24. The van der Waals surface area contributed by atoms with E-state index in [2.05, 4.69) is 15.2 Å². The average molecular weight is 269 g/mol. The van der Waals surface area contributed by atoms with Gasteiger partial charge in [-0.05, 0) is 25.0 Å². The van der Waals surface area contributed by atoms with Crippen molar-refractivity contribution in [2.75, 3.05) is 0 Å². The first-order chi connectivity index (χ1) is 9.72. The van der Waals surface area contributed by atoms with E-state index in [0.29, 0.717) is 11.7 Å². The number of hydrogen-bond acceptors (Lipinski definition) is 4. The van der Waals surface area contributed by atoms with Crippen LogP contribution in [0.3, 0.4) is 0 Å². The van der Waals surface area contributed by atoms with E-state index in [1.54, 1.807) is 23.1 Å². The lowest BCUT2D eigenvalue weighted by Crippen LogP contribution is -2.04. The Morgan fingerprint density at radius 3 is 2.85 bits per heavy atom. The monoisotopic (exact) mass is 269 g/mol. The fourth-order valence-corrected chi connectivity index (χ4v) is 2.24. The summed E-state index contributed by atoms with van der Waals surface area (Å²) in [6, 6.07) is 3.45. The second kappa shape index (κ2) is 3.89. The van der Waals surface area contributed by atoms with E-state index >= 15 is 0 Å². The van der Waals surface area contributed by atoms with Gasteiger partial charge in [-0.15, -0.1) is 0 Å². The maximum absolute atomic E-state index is 10.9. The Hall–Kier alpha value is -2.70. The number of carbonyl (C=O) groups is 1. The van der Waals surface area contributed by atoms with Gasteiger partial charge in [-0.25, -0.2) is 19.0 Å². The molecule has 0 radical (unpaired) electrons. The third kappa shape index (κ3) is 1.67. The van der Waals surface area contributed by atoms with Crippen LogP contribution in [0, 0.1) is 0 Å². The number of aromatic nitrogens is 5. The van der Waals surface area contributed by atoms with E-state index in [-0.39, 0.29) is 5.69 Å². The molecule has 7 heteroatoms. The van der Waals surface area contributed by atoms with Crippen molar-refractivity contribution >= 4 is 11.5 Å². The number of carboxylic acids is 1. The Morgan fingerprint density at radius 2 is 2.15 bits per heavy atom. The van der Waals surface area contributed by atoms with Crippen LogP contribution in [0.25, 0.3) is 11.3 Å². The maximum atomic E-state index is 10.9. The van der Waals surface area contributed by atoms with Crippen LogP contribution >= 0.6 is 0 Å². The van der Waals surface area contributed by atoms with Crippen LogP contribution in [0.4, 0.5) is 0 Å². The van der Waals surface area contributed by atoms with Crippen LogP contribution in [0.15, 0.2) is 30.7 Å². The largest absolute Gasteiger partial charge is 0.476 e. The molecule has 1 aliphatic rings. The Balaban J connectivity index is 1.87. The summed E-state index contributed by atoms with van der Waals surface area (Å²) in [7, 11) is 0. The van der Waals surface area contributed by atoms with Crippen molar-refractivity contribution in [1.29, 1.82) is 0 Å². The molecule has 20 heavy (non-hydrogen) atoms. The summed E-state index contributed by atoms with van der Waals surface area (Å²) in [4.78, 5) is 15.2. The van der Waals surface area contributed by atoms with E-state index in [1.165, 1.54) is 23.6 Å². The van der Waals surface area contributed by atoms with Crippen LogP contribution in [0.1, 0.15) is 34.9 Å². The highest BCUT2D eigenvalue weighted by Crippen LogP contribution is 2.39. The normalized spacial score (nSPS) is 14.8. The molecule has 3 aromatic heterocycles. The Bertz CT molecular complexity index is 815. The number of fused-ring (bicyclic) bond motifs is 1. The number of rotatable bonds is 3. The second-order valence-electron chi connectivity index (χ2n) is 4.87. The molecule has 1 aliphatic carbocycles. The van der Waals surface area contributed by atoms with E-state index in [9.17, 15) is 4.79 Å². The van der Waals surface area contributed by atoms with Crippen molar-refractivity contribution in [2.45, 2.75) is 18.8 Å². The van der Waals surface area contributed by atoms with Crippen LogP contribution in [0.5, 0.6) is 0 Å². The molecule has 1 saturated carbocycles. The van der Waals surface area contributed by atoms with Gasteiger partial charge in [0, 0.05) is 24.5 Å². The minimum Gasteiger partial charge on any atom is -0.476 e. The highest BCUT2D eigenvalue weighted by atomic mass is 16.4. The molecule has 100 valence electrons. The minimum atomic E-state index is -1.05. The lowest BCUT2D eigenvalue weighted by molar-refractivity contribution is 0.0690. The zero-order valence-electron chi connectivity index (χ0n) is 10.5. The van der Waals surface area contributed by atoms with Gasteiger partial charge in [0.25, 0.3) is 0 Å². The molecular weight excluding hydrogens is 258 g/mol. The first-order valence-electron chi connectivity index (χ1n) is 6.36. The molecular formula is C13H11N5O2. The van der Waals surface area contributed by atoms with E-state index in [0.717, 1.165) is 11.2 Å². The van der Waals surface area contributed by atoms with E-state index in [1.807, 2.05) is 6.07 Å². The molecule has 0 saturated heterocycles. The average Bonchev–Trinajstić information content (AvgIpc) is 3.02. The molecule has 7 nitrogen and oxygen atoms in total. The van der Waals surface area contributed by atoms with Crippen LogP contribution in [-0.4, -0.2) is 35.5 Å². The van der Waals surface area contributed by atoms with Crippen LogP contribution in [0.2, 0.25) is 0 Å². The number of nitrogens with zero attached hydrogens (tertiary/aromatic N) is 5. The van der Waals surface area contributed by atoms with Crippen molar-refractivity contribution in [2.24, 2.45) is 0 Å². The molecule has 0 unspecified atom stereocenters. The summed E-state index contributed by atoms with van der Waals surface area (Å²) in [5.74, 6) is 0.0808. The van der Waals surface area contributed by atoms with Gasteiger partial charge in [0.1, 0.15) is 5.52 Å². The second-order valence-corrected chi connectivity index (χ2v) is 4.87. The molecule has 0 aromatic carbocycles. The topological polar surface area (TPSA) is 85.3 Å².